The molecule has 6 nitrogen and oxygen atoms in total. The minimum absolute atomic E-state index is 0.0115. The maximum atomic E-state index is 12.4. The van der Waals surface area contributed by atoms with Gasteiger partial charge in [-0.3, -0.25) is 4.79 Å². The summed E-state index contributed by atoms with van der Waals surface area (Å²) < 4.78 is 1.57. The van der Waals surface area contributed by atoms with Crippen LogP contribution in [0.3, 0.4) is 0 Å². The molecule has 2 aromatic carbocycles. The zero-order valence-electron chi connectivity index (χ0n) is 15.1. The Labute approximate surface area is 167 Å². The molecule has 0 aliphatic rings. The highest BCUT2D eigenvalue weighted by atomic mass is 35.5. The van der Waals surface area contributed by atoms with Gasteiger partial charge in [0.15, 0.2) is 0 Å². The molecular formula is C19H20ClN5OS. The number of amides is 1. The molecule has 3 aromatic rings. The van der Waals surface area contributed by atoms with E-state index in [1.807, 2.05) is 19.1 Å². The summed E-state index contributed by atoms with van der Waals surface area (Å²) in [6, 6.07) is 15.4. The van der Waals surface area contributed by atoms with Gasteiger partial charge in [0.25, 0.3) is 0 Å². The van der Waals surface area contributed by atoms with Crippen LogP contribution in [0, 0.1) is 6.92 Å². The number of rotatable bonds is 7. The Morgan fingerprint density at radius 1 is 1.26 bits per heavy atom. The number of benzene rings is 2. The fourth-order valence-corrected chi connectivity index (χ4v) is 3.51. The molecule has 27 heavy (non-hydrogen) atoms. The van der Waals surface area contributed by atoms with Crippen molar-refractivity contribution >= 4 is 29.3 Å². The van der Waals surface area contributed by atoms with Gasteiger partial charge in [-0.25, -0.2) is 0 Å². The zero-order chi connectivity index (χ0) is 19.2. The van der Waals surface area contributed by atoms with Gasteiger partial charge in [-0.15, -0.1) is 5.10 Å². The van der Waals surface area contributed by atoms with Crippen molar-refractivity contribution < 1.29 is 4.79 Å². The van der Waals surface area contributed by atoms with Gasteiger partial charge in [0.2, 0.25) is 11.1 Å². The van der Waals surface area contributed by atoms with Gasteiger partial charge >= 0.3 is 0 Å². The van der Waals surface area contributed by atoms with Gasteiger partial charge in [0.05, 0.1) is 17.5 Å². The van der Waals surface area contributed by atoms with E-state index >= 15 is 0 Å². The van der Waals surface area contributed by atoms with Crippen LogP contribution in [0.4, 0.5) is 0 Å². The van der Waals surface area contributed by atoms with Crippen molar-refractivity contribution in [1.82, 2.24) is 25.5 Å². The minimum atomic E-state index is -0.0620. The van der Waals surface area contributed by atoms with E-state index in [1.165, 1.54) is 17.3 Å². The monoisotopic (exact) mass is 401 g/mol. The Morgan fingerprint density at radius 3 is 2.74 bits per heavy atom. The summed E-state index contributed by atoms with van der Waals surface area (Å²) in [6.45, 7) is 4.10. The predicted molar refractivity (Wildman–Crippen MR) is 107 cm³/mol. The van der Waals surface area contributed by atoms with Crippen LogP contribution in [-0.4, -0.2) is 31.9 Å². The van der Waals surface area contributed by atoms with Crippen LogP contribution in [0.1, 0.15) is 30.5 Å². The average molecular weight is 402 g/mol. The van der Waals surface area contributed by atoms with Crippen molar-refractivity contribution in [2.45, 2.75) is 31.5 Å². The lowest BCUT2D eigenvalue weighted by Gasteiger charge is -2.17. The Morgan fingerprint density at radius 2 is 2.04 bits per heavy atom. The first-order chi connectivity index (χ1) is 13.1. The van der Waals surface area contributed by atoms with E-state index in [4.69, 9.17) is 11.6 Å². The number of carbonyl (C=O) groups excluding carboxylic acids is 1. The molecule has 1 amide bonds. The molecule has 0 aliphatic carbocycles. The van der Waals surface area contributed by atoms with Crippen molar-refractivity contribution in [2.24, 2.45) is 0 Å². The van der Waals surface area contributed by atoms with E-state index in [1.54, 1.807) is 16.8 Å². The number of tetrazole rings is 1. The number of aryl methyl sites for hydroxylation is 1. The normalized spacial score (nSPS) is 12.0. The number of hydrogen-bond donors (Lipinski definition) is 1. The number of carbonyl (C=O) groups is 1. The highest BCUT2D eigenvalue weighted by molar-refractivity contribution is 7.99. The van der Waals surface area contributed by atoms with Crippen LogP contribution in [0.25, 0.3) is 5.69 Å². The maximum absolute atomic E-state index is 12.4. The third-order valence-corrected chi connectivity index (χ3v) is 5.20. The first-order valence-electron chi connectivity index (χ1n) is 8.60. The number of nitrogens with one attached hydrogen (secondary N) is 1. The van der Waals surface area contributed by atoms with Crippen LogP contribution in [-0.2, 0) is 4.79 Å². The average Bonchev–Trinajstić information content (AvgIpc) is 3.14. The summed E-state index contributed by atoms with van der Waals surface area (Å²) in [5.41, 5.74) is 3.05. The van der Waals surface area contributed by atoms with E-state index < -0.39 is 0 Å². The molecule has 8 heteroatoms. The SMILES string of the molecule is CC[C@H](NC(=O)CSc1nnnn1-c1cccc(Cl)c1)c1ccc(C)cc1. The molecule has 1 heterocycles. The van der Waals surface area contributed by atoms with Crippen LogP contribution in [0.5, 0.6) is 0 Å². The summed E-state index contributed by atoms with van der Waals surface area (Å²) in [5.74, 6) is 0.164. The molecular weight excluding hydrogens is 382 g/mol. The van der Waals surface area contributed by atoms with Gasteiger partial charge in [-0.2, -0.15) is 4.68 Å². The Bertz CT molecular complexity index is 912. The smallest absolute Gasteiger partial charge is 0.230 e. The highest BCUT2D eigenvalue weighted by Gasteiger charge is 2.15. The number of hydrogen-bond acceptors (Lipinski definition) is 5. The number of aromatic nitrogens is 4. The summed E-state index contributed by atoms with van der Waals surface area (Å²) >= 11 is 7.31. The summed E-state index contributed by atoms with van der Waals surface area (Å²) in [4.78, 5) is 12.4. The summed E-state index contributed by atoms with van der Waals surface area (Å²) in [5, 5.41) is 15.9. The molecule has 0 fully saturated rings. The largest absolute Gasteiger partial charge is 0.349 e. The summed E-state index contributed by atoms with van der Waals surface area (Å²) in [6.07, 6.45) is 0.819. The molecule has 0 saturated heterocycles. The minimum Gasteiger partial charge on any atom is -0.349 e. The Balaban J connectivity index is 1.63. The lowest BCUT2D eigenvalue weighted by atomic mass is 10.0. The van der Waals surface area contributed by atoms with Crippen LogP contribution < -0.4 is 5.32 Å². The van der Waals surface area contributed by atoms with Crippen molar-refractivity contribution in [3.05, 3.63) is 64.7 Å². The van der Waals surface area contributed by atoms with E-state index in [0.717, 1.165) is 17.7 Å². The van der Waals surface area contributed by atoms with E-state index in [9.17, 15) is 4.79 Å². The molecule has 0 saturated carbocycles. The van der Waals surface area contributed by atoms with E-state index in [0.29, 0.717) is 10.2 Å². The zero-order valence-corrected chi connectivity index (χ0v) is 16.7. The molecule has 0 radical (unpaired) electrons. The molecule has 0 unspecified atom stereocenters. The van der Waals surface area contributed by atoms with Gasteiger partial charge in [-0.05, 0) is 47.5 Å². The third kappa shape index (κ3) is 5.08. The van der Waals surface area contributed by atoms with Crippen molar-refractivity contribution in [3.63, 3.8) is 0 Å². The van der Waals surface area contributed by atoms with Gasteiger partial charge in [-0.1, -0.05) is 66.2 Å². The number of halogens is 1. The van der Waals surface area contributed by atoms with Crippen LogP contribution in [0.2, 0.25) is 5.02 Å². The van der Waals surface area contributed by atoms with Gasteiger partial charge in [0.1, 0.15) is 0 Å². The molecule has 0 aliphatic heterocycles. The lowest BCUT2D eigenvalue weighted by molar-refractivity contribution is -0.119. The van der Waals surface area contributed by atoms with Gasteiger partial charge in [0, 0.05) is 5.02 Å². The fourth-order valence-electron chi connectivity index (χ4n) is 2.62. The molecule has 0 bridgehead atoms. The van der Waals surface area contributed by atoms with E-state index in [-0.39, 0.29) is 17.7 Å². The molecule has 140 valence electrons. The van der Waals surface area contributed by atoms with Crippen molar-refractivity contribution in [1.29, 1.82) is 0 Å². The molecule has 0 spiro atoms. The first-order valence-corrected chi connectivity index (χ1v) is 9.96. The Hall–Kier alpha value is -2.38. The predicted octanol–water partition coefficient (Wildman–Crippen LogP) is 3.98. The molecule has 1 N–H and O–H groups in total. The van der Waals surface area contributed by atoms with Crippen molar-refractivity contribution in [3.8, 4) is 5.69 Å². The second-order valence-corrected chi connectivity index (χ2v) is 7.46. The number of thioether (sulfide) groups is 1. The second-order valence-electron chi connectivity index (χ2n) is 6.08. The first kappa shape index (κ1) is 19.4. The molecule has 1 atom stereocenters. The lowest BCUT2D eigenvalue weighted by Crippen LogP contribution is -2.29. The van der Waals surface area contributed by atoms with Crippen LogP contribution >= 0.6 is 23.4 Å². The second kappa shape index (κ2) is 9.01. The highest BCUT2D eigenvalue weighted by Crippen LogP contribution is 2.21. The standard InChI is InChI=1S/C19H20ClN5OS/c1-3-17(14-9-7-13(2)8-10-14)21-18(26)12-27-19-22-23-24-25(19)16-6-4-5-15(20)11-16/h4-11,17H,3,12H2,1-2H3,(H,21,26)/t17-/m0/s1. The fraction of sp³-hybridized carbons (Fsp3) is 0.263. The Kier molecular flexibility index (Phi) is 6.47. The molecule has 1 aromatic heterocycles. The van der Waals surface area contributed by atoms with Gasteiger partial charge < -0.3 is 5.32 Å². The van der Waals surface area contributed by atoms with Crippen LogP contribution in [0.15, 0.2) is 53.7 Å². The maximum Gasteiger partial charge on any atom is 0.230 e. The number of nitrogens with zero attached hydrogens (tertiary/aromatic N) is 4. The summed E-state index contributed by atoms with van der Waals surface area (Å²) in [7, 11) is 0. The van der Waals surface area contributed by atoms with E-state index in [2.05, 4.69) is 52.0 Å². The quantitative estimate of drug-likeness (QED) is 0.606. The van der Waals surface area contributed by atoms with Crippen molar-refractivity contribution in [2.75, 3.05) is 5.75 Å². The molecule has 3 rings (SSSR count). The third-order valence-electron chi connectivity index (χ3n) is 4.05. The topological polar surface area (TPSA) is 72.7 Å².